The standard InChI is InChI=1S/C21H25NO2/c1-19-7-6-17-16-4-3-15(23)10-13(16)2-5-18(17)21(19)12-14(21)11-20(19,24)8-9-22/h10,14,18,24H,2-8,11-12H2,1H3/t14?,18-,19-,20+,21?/m1/s1. The molecule has 0 aromatic rings. The van der Waals surface area contributed by atoms with Gasteiger partial charge < -0.3 is 5.11 Å². The monoisotopic (exact) mass is 323 g/mol. The second kappa shape index (κ2) is 4.41. The Labute approximate surface area is 143 Å². The highest BCUT2D eigenvalue weighted by Crippen LogP contribution is 2.83. The lowest BCUT2D eigenvalue weighted by Gasteiger charge is -2.54. The van der Waals surface area contributed by atoms with Crippen LogP contribution in [0.25, 0.3) is 0 Å². The van der Waals surface area contributed by atoms with Crippen LogP contribution in [0.3, 0.4) is 0 Å². The molecule has 0 amide bonds. The van der Waals surface area contributed by atoms with Gasteiger partial charge in [0.05, 0.1) is 18.1 Å². The van der Waals surface area contributed by atoms with Gasteiger partial charge in [-0.3, -0.25) is 4.79 Å². The summed E-state index contributed by atoms with van der Waals surface area (Å²) in [6, 6.07) is 2.26. The maximum absolute atomic E-state index is 11.8. The number of nitrogens with zero attached hydrogens (tertiary/aromatic N) is 1. The zero-order chi connectivity index (χ0) is 16.7. The SMILES string of the molecule is C[C@]12CCC3=C4CCC(=O)C=C4CC[C@H]3C13CC3C[C@@]2(O)CC#N. The molecule has 3 nitrogen and oxygen atoms in total. The Kier molecular flexibility index (Phi) is 2.74. The fourth-order valence-corrected chi connectivity index (χ4v) is 7.33. The highest BCUT2D eigenvalue weighted by atomic mass is 16.3. The minimum absolute atomic E-state index is 0.110. The summed E-state index contributed by atoms with van der Waals surface area (Å²) in [4.78, 5) is 11.8. The molecule has 0 radical (unpaired) electrons. The highest BCUT2D eigenvalue weighted by Gasteiger charge is 2.80. The molecule has 126 valence electrons. The van der Waals surface area contributed by atoms with Crippen LogP contribution in [-0.4, -0.2) is 16.5 Å². The van der Waals surface area contributed by atoms with Crippen molar-refractivity contribution in [1.29, 1.82) is 5.26 Å². The Bertz CT molecular complexity index is 756. The van der Waals surface area contributed by atoms with Crippen molar-refractivity contribution >= 4 is 5.78 Å². The molecule has 0 aliphatic heterocycles. The maximum Gasteiger partial charge on any atom is 0.156 e. The van der Waals surface area contributed by atoms with Gasteiger partial charge in [-0.25, -0.2) is 0 Å². The first-order chi connectivity index (χ1) is 11.5. The third-order valence-corrected chi connectivity index (χ3v) is 8.53. The van der Waals surface area contributed by atoms with Crippen LogP contribution < -0.4 is 0 Å². The topological polar surface area (TPSA) is 61.1 Å². The molecule has 0 bridgehead atoms. The molecule has 0 aromatic heterocycles. The van der Waals surface area contributed by atoms with Gasteiger partial charge in [0, 0.05) is 11.8 Å². The van der Waals surface area contributed by atoms with Crippen molar-refractivity contribution in [3.05, 3.63) is 22.8 Å². The van der Waals surface area contributed by atoms with Crippen LogP contribution in [0, 0.1) is 34.0 Å². The first-order valence-electron chi connectivity index (χ1n) is 9.50. The zero-order valence-electron chi connectivity index (χ0n) is 14.4. The lowest BCUT2D eigenvalue weighted by molar-refractivity contribution is -0.115. The zero-order valence-corrected chi connectivity index (χ0v) is 14.4. The van der Waals surface area contributed by atoms with E-state index in [4.69, 9.17) is 0 Å². The minimum atomic E-state index is -0.792. The van der Waals surface area contributed by atoms with Crippen LogP contribution in [0.2, 0.25) is 0 Å². The first-order valence-corrected chi connectivity index (χ1v) is 9.50. The molecule has 5 rings (SSSR count). The quantitative estimate of drug-likeness (QED) is 0.797. The number of aliphatic hydroxyl groups is 1. The fourth-order valence-electron chi connectivity index (χ4n) is 7.33. The van der Waals surface area contributed by atoms with E-state index in [2.05, 4.69) is 13.0 Å². The maximum atomic E-state index is 11.8. The van der Waals surface area contributed by atoms with Crippen molar-refractivity contribution in [3.8, 4) is 6.07 Å². The average molecular weight is 323 g/mol. The van der Waals surface area contributed by atoms with E-state index < -0.39 is 5.60 Å². The molecule has 5 aliphatic carbocycles. The number of fused-ring (bicyclic) bond motifs is 2. The molecule has 0 aromatic carbocycles. The number of hydrogen-bond donors (Lipinski definition) is 1. The largest absolute Gasteiger partial charge is 0.388 e. The van der Waals surface area contributed by atoms with E-state index >= 15 is 0 Å². The van der Waals surface area contributed by atoms with Crippen LogP contribution in [0.5, 0.6) is 0 Å². The lowest BCUT2D eigenvalue weighted by Crippen LogP contribution is -2.53. The number of carbonyl (C=O) groups excluding carboxylic acids is 1. The fraction of sp³-hybridized carbons (Fsp3) is 0.714. The molecule has 1 spiro atoms. The number of nitriles is 1. The van der Waals surface area contributed by atoms with Crippen molar-refractivity contribution in [3.63, 3.8) is 0 Å². The number of hydrogen-bond acceptors (Lipinski definition) is 3. The average Bonchev–Trinajstić information content (AvgIpc) is 3.20. The van der Waals surface area contributed by atoms with E-state index in [1.807, 2.05) is 6.08 Å². The van der Waals surface area contributed by atoms with E-state index in [9.17, 15) is 15.2 Å². The Morgan fingerprint density at radius 1 is 1.29 bits per heavy atom. The highest BCUT2D eigenvalue weighted by molar-refractivity contribution is 5.93. The second-order valence-electron chi connectivity index (χ2n) is 9.08. The summed E-state index contributed by atoms with van der Waals surface area (Å²) in [5.41, 5.74) is 3.73. The molecule has 0 heterocycles. The van der Waals surface area contributed by atoms with Crippen LogP contribution in [0.1, 0.15) is 64.7 Å². The van der Waals surface area contributed by atoms with Crippen molar-refractivity contribution in [2.45, 2.75) is 70.3 Å². The van der Waals surface area contributed by atoms with Gasteiger partial charge in [0.2, 0.25) is 0 Å². The Morgan fingerprint density at radius 2 is 2.12 bits per heavy atom. The summed E-state index contributed by atoms with van der Waals surface area (Å²) >= 11 is 0. The second-order valence-corrected chi connectivity index (χ2v) is 9.08. The number of ketones is 1. The van der Waals surface area contributed by atoms with E-state index in [1.54, 1.807) is 5.57 Å². The molecule has 1 N–H and O–H groups in total. The van der Waals surface area contributed by atoms with Gasteiger partial charge in [-0.2, -0.15) is 5.26 Å². The van der Waals surface area contributed by atoms with Crippen molar-refractivity contribution < 1.29 is 9.90 Å². The van der Waals surface area contributed by atoms with Gasteiger partial charge >= 0.3 is 0 Å². The third kappa shape index (κ3) is 1.50. The molecule has 3 heteroatoms. The van der Waals surface area contributed by atoms with Crippen molar-refractivity contribution in [1.82, 2.24) is 0 Å². The molecular formula is C21H25NO2. The summed E-state index contributed by atoms with van der Waals surface area (Å²) in [6.07, 6.45) is 10.0. The van der Waals surface area contributed by atoms with Gasteiger partial charge in [0.1, 0.15) is 0 Å². The molecular weight excluding hydrogens is 298 g/mol. The summed E-state index contributed by atoms with van der Waals surface area (Å²) in [6.45, 7) is 2.27. The lowest BCUT2D eigenvalue weighted by atomic mass is 9.51. The van der Waals surface area contributed by atoms with Crippen LogP contribution in [0.15, 0.2) is 22.8 Å². The van der Waals surface area contributed by atoms with Gasteiger partial charge in [0.15, 0.2) is 5.78 Å². The third-order valence-electron chi connectivity index (χ3n) is 8.53. The number of carbonyl (C=O) groups is 1. The normalized spacial score (nSPS) is 48.7. The first kappa shape index (κ1) is 14.9. The molecule has 5 atom stereocenters. The van der Waals surface area contributed by atoms with Gasteiger partial charge in [-0.05, 0) is 79.4 Å². The summed E-state index contributed by atoms with van der Waals surface area (Å²) < 4.78 is 0. The van der Waals surface area contributed by atoms with E-state index in [-0.39, 0.29) is 17.3 Å². The molecule has 5 aliphatic rings. The molecule has 3 saturated carbocycles. The van der Waals surface area contributed by atoms with Gasteiger partial charge in [-0.1, -0.05) is 12.5 Å². The minimum Gasteiger partial charge on any atom is -0.388 e. The number of allylic oxidation sites excluding steroid dienone is 4. The van der Waals surface area contributed by atoms with E-state index in [1.165, 1.54) is 17.6 Å². The van der Waals surface area contributed by atoms with Gasteiger partial charge in [-0.15, -0.1) is 0 Å². The molecule has 2 unspecified atom stereocenters. The summed E-state index contributed by atoms with van der Waals surface area (Å²) in [5, 5.41) is 20.6. The summed E-state index contributed by atoms with van der Waals surface area (Å²) in [5.74, 6) is 1.46. The molecule has 24 heavy (non-hydrogen) atoms. The van der Waals surface area contributed by atoms with Crippen molar-refractivity contribution in [2.24, 2.45) is 22.7 Å². The van der Waals surface area contributed by atoms with Crippen LogP contribution in [-0.2, 0) is 4.79 Å². The smallest absolute Gasteiger partial charge is 0.156 e. The van der Waals surface area contributed by atoms with Gasteiger partial charge in [0.25, 0.3) is 0 Å². The van der Waals surface area contributed by atoms with Crippen molar-refractivity contribution in [2.75, 3.05) is 0 Å². The van der Waals surface area contributed by atoms with E-state index in [0.717, 1.165) is 38.5 Å². The van der Waals surface area contributed by atoms with E-state index in [0.29, 0.717) is 24.0 Å². The van der Waals surface area contributed by atoms with Crippen LogP contribution >= 0.6 is 0 Å². The Hall–Kier alpha value is -1.40. The predicted octanol–water partition coefficient (Wildman–Crippen LogP) is 3.84. The summed E-state index contributed by atoms with van der Waals surface area (Å²) in [7, 11) is 0. The molecule has 0 saturated heterocycles. The number of rotatable bonds is 1. The Balaban J connectivity index is 1.60. The van der Waals surface area contributed by atoms with Crippen LogP contribution in [0.4, 0.5) is 0 Å². The molecule has 3 fully saturated rings. The Morgan fingerprint density at radius 3 is 2.92 bits per heavy atom. The predicted molar refractivity (Wildman–Crippen MR) is 89.8 cm³/mol.